The van der Waals surface area contributed by atoms with Gasteiger partial charge in [-0.25, -0.2) is 0 Å². The summed E-state index contributed by atoms with van der Waals surface area (Å²) in [6, 6.07) is 2.10. The van der Waals surface area contributed by atoms with E-state index < -0.39 is 0 Å². The van der Waals surface area contributed by atoms with E-state index in [1.165, 1.54) is 11.3 Å². The average molecular weight is 279 g/mol. The van der Waals surface area contributed by atoms with Crippen LogP contribution < -0.4 is 5.32 Å². The number of aryl methyl sites for hydroxylation is 1. The molecule has 4 heteroatoms. The van der Waals surface area contributed by atoms with E-state index in [9.17, 15) is 4.79 Å². The molecule has 1 unspecified atom stereocenters. The van der Waals surface area contributed by atoms with Crippen molar-refractivity contribution in [2.24, 2.45) is 0 Å². The van der Waals surface area contributed by atoms with Gasteiger partial charge in [-0.2, -0.15) is 0 Å². The summed E-state index contributed by atoms with van der Waals surface area (Å²) < 4.78 is 0. The summed E-state index contributed by atoms with van der Waals surface area (Å²) in [5.41, 5.74) is 0.986. The van der Waals surface area contributed by atoms with Crippen LogP contribution in [0.1, 0.15) is 53.2 Å². The van der Waals surface area contributed by atoms with Gasteiger partial charge < -0.3 is 10.4 Å². The SMILES string of the molecule is CCCC(CC)NC(=O)c1cc(C)c(C#CCO)s1. The van der Waals surface area contributed by atoms with Crippen molar-refractivity contribution in [3.63, 3.8) is 0 Å². The van der Waals surface area contributed by atoms with Crippen molar-refractivity contribution in [3.05, 3.63) is 21.4 Å². The van der Waals surface area contributed by atoms with Crippen LogP contribution in [0.15, 0.2) is 6.07 Å². The molecule has 3 nitrogen and oxygen atoms in total. The Hall–Kier alpha value is -1.31. The van der Waals surface area contributed by atoms with E-state index in [0.717, 1.165) is 29.7 Å². The molecule has 0 aliphatic rings. The van der Waals surface area contributed by atoms with Gasteiger partial charge in [0.2, 0.25) is 0 Å². The zero-order valence-electron chi connectivity index (χ0n) is 11.7. The highest BCUT2D eigenvalue weighted by Gasteiger charge is 2.14. The molecular weight excluding hydrogens is 258 g/mol. The zero-order valence-corrected chi connectivity index (χ0v) is 12.6. The van der Waals surface area contributed by atoms with Crippen LogP contribution in [0.25, 0.3) is 0 Å². The molecule has 0 saturated heterocycles. The first kappa shape index (κ1) is 15.7. The summed E-state index contributed by atoms with van der Waals surface area (Å²) in [6.07, 6.45) is 3.01. The second-order valence-corrected chi connectivity index (χ2v) is 5.50. The Bertz CT molecular complexity index is 482. The van der Waals surface area contributed by atoms with Crippen molar-refractivity contribution in [2.75, 3.05) is 6.61 Å². The summed E-state index contributed by atoms with van der Waals surface area (Å²) >= 11 is 1.38. The summed E-state index contributed by atoms with van der Waals surface area (Å²) in [7, 11) is 0. The lowest BCUT2D eigenvalue weighted by atomic mass is 10.1. The largest absolute Gasteiger partial charge is 0.384 e. The fourth-order valence-corrected chi connectivity index (χ4v) is 2.77. The maximum absolute atomic E-state index is 12.1. The summed E-state index contributed by atoms with van der Waals surface area (Å²) in [5.74, 6) is 5.46. The molecule has 0 bridgehead atoms. The van der Waals surface area contributed by atoms with Crippen molar-refractivity contribution >= 4 is 17.2 Å². The third kappa shape index (κ3) is 4.70. The molecular formula is C15H21NO2S. The molecule has 1 aromatic heterocycles. The van der Waals surface area contributed by atoms with E-state index in [4.69, 9.17) is 5.11 Å². The average Bonchev–Trinajstić information content (AvgIpc) is 2.77. The summed E-state index contributed by atoms with van der Waals surface area (Å²) in [4.78, 5) is 13.7. The molecule has 0 aliphatic heterocycles. The monoisotopic (exact) mass is 279 g/mol. The lowest BCUT2D eigenvalue weighted by Crippen LogP contribution is -2.33. The molecule has 0 saturated carbocycles. The first-order valence-electron chi connectivity index (χ1n) is 6.63. The van der Waals surface area contributed by atoms with Crippen LogP contribution >= 0.6 is 11.3 Å². The molecule has 1 aromatic rings. The van der Waals surface area contributed by atoms with Gasteiger partial charge in [-0.3, -0.25) is 4.79 Å². The van der Waals surface area contributed by atoms with Crippen molar-refractivity contribution in [3.8, 4) is 11.8 Å². The number of aliphatic hydroxyl groups is 1. The fraction of sp³-hybridized carbons (Fsp3) is 0.533. The molecule has 0 fully saturated rings. The second-order valence-electron chi connectivity index (χ2n) is 4.45. The topological polar surface area (TPSA) is 49.3 Å². The lowest BCUT2D eigenvalue weighted by molar-refractivity contribution is 0.0938. The highest BCUT2D eigenvalue weighted by molar-refractivity contribution is 7.14. The quantitative estimate of drug-likeness (QED) is 0.814. The van der Waals surface area contributed by atoms with Crippen molar-refractivity contribution in [1.29, 1.82) is 0 Å². The van der Waals surface area contributed by atoms with Gasteiger partial charge in [0.25, 0.3) is 5.91 Å². The van der Waals surface area contributed by atoms with E-state index in [1.807, 2.05) is 13.0 Å². The van der Waals surface area contributed by atoms with Gasteiger partial charge >= 0.3 is 0 Å². The van der Waals surface area contributed by atoms with Crippen LogP contribution in [0.3, 0.4) is 0 Å². The predicted molar refractivity (Wildman–Crippen MR) is 79.5 cm³/mol. The highest BCUT2D eigenvalue weighted by Crippen LogP contribution is 2.21. The van der Waals surface area contributed by atoms with Gasteiger partial charge in [0.05, 0.1) is 9.75 Å². The molecule has 1 heterocycles. The van der Waals surface area contributed by atoms with Crippen LogP contribution in [0.4, 0.5) is 0 Å². The Labute approximate surface area is 119 Å². The molecule has 0 aliphatic carbocycles. The van der Waals surface area contributed by atoms with Crippen LogP contribution in [-0.2, 0) is 0 Å². The number of hydrogen-bond acceptors (Lipinski definition) is 3. The number of amides is 1. The van der Waals surface area contributed by atoms with Gasteiger partial charge in [0.15, 0.2) is 0 Å². The second kappa shape index (κ2) is 7.98. The zero-order chi connectivity index (χ0) is 14.3. The standard InChI is InChI=1S/C15H21NO2S/c1-4-7-12(5-2)16-15(18)14-10-11(3)13(19-14)8-6-9-17/h10,12,17H,4-5,7,9H2,1-3H3,(H,16,18). The Balaban J connectivity index is 2.77. The molecule has 1 rings (SSSR count). The van der Waals surface area contributed by atoms with Crippen molar-refractivity contribution in [1.82, 2.24) is 5.32 Å². The number of thiophene rings is 1. The van der Waals surface area contributed by atoms with Gasteiger partial charge in [0.1, 0.15) is 6.61 Å². The van der Waals surface area contributed by atoms with E-state index in [0.29, 0.717) is 4.88 Å². The Morgan fingerprint density at radius 1 is 1.53 bits per heavy atom. The molecule has 2 N–H and O–H groups in total. The number of rotatable bonds is 5. The Morgan fingerprint density at radius 2 is 2.26 bits per heavy atom. The smallest absolute Gasteiger partial charge is 0.261 e. The molecule has 19 heavy (non-hydrogen) atoms. The van der Waals surface area contributed by atoms with Crippen LogP contribution in [0.5, 0.6) is 0 Å². The number of carbonyl (C=O) groups is 1. The van der Waals surface area contributed by atoms with Gasteiger partial charge in [-0.1, -0.05) is 32.1 Å². The number of carbonyl (C=O) groups excluding carboxylic acids is 1. The highest BCUT2D eigenvalue weighted by atomic mass is 32.1. The first-order valence-corrected chi connectivity index (χ1v) is 7.45. The fourth-order valence-electron chi connectivity index (χ4n) is 1.82. The van der Waals surface area contributed by atoms with Gasteiger partial charge in [-0.05, 0) is 31.4 Å². The summed E-state index contributed by atoms with van der Waals surface area (Å²) in [5, 5.41) is 11.8. The lowest BCUT2D eigenvalue weighted by Gasteiger charge is -2.15. The van der Waals surface area contributed by atoms with Crippen molar-refractivity contribution < 1.29 is 9.90 Å². The molecule has 0 aromatic carbocycles. The minimum absolute atomic E-state index is 0.0227. The van der Waals surface area contributed by atoms with E-state index in [2.05, 4.69) is 31.0 Å². The van der Waals surface area contributed by atoms with Gasteiger partial charge in [0, 0.05) is 6.04 Å². The molecule has 1 amide bonds. The van der Waals surface area contributed by atoms with E-state index in [-0.39, 0.29) is 18.6 Å². The third-order valence-electron chi connectivity index (χ3n) is 2.89. The minimum atomic E-state index is -0.159. The molecule has 104 valence electrons. The number of hydrogen-bond donors (Lipinski definition) is 2. The van der Waals surface area contributed by atoms with E-state index in [1.54, 1.807) is 0 Å². The Morgan fingerprint density at radius 3 is 2.84 bits per heavy atom. The summed E-state index contributed by atoms with van der Waals surface area (Å²) in [6.45, 7) is 5.97. The molecule has 0 spiro atoms. The number of aliphatic hydroxyl groups excluding tert-OH is 1. The number of nitrogens with one attached hydrogen (secondary N) is 1. The maximum atomic E-state index is 12.1. The van der Waals surface area contributed by atoms with Crippen molar-refractivity contribution in [2.45, 2.75) is 46.1 Å². The minimum Gasteiger partial charge on any atom is -0.384 e. The molecule has 1 atom stereocenters. The molecule has 0 radical (unpaired) electrons. The first-order chi connectivity index (χ1) is 9.12. The van der Waals surface area contributed by atoms with Crippen LogP contribution in [0.2, 0.25) is 0 Å². The third-order valence-corrected chi connectivity index (χ3v) is 4.04. The van der Waals surface area contributed by atoms with Gasteiger partial charge in [-0.15, -0.1) is 11.3 Å². The normalized spacial score (nSPS) is 11.6. The van der Waals surface area contributed by atoms with Crippen LogP contribution in [0, 0.1) is 18.8 Å². The Kier molecular flexibility index (Phi) is 6.61. The van der Waals surface area contributed by atoms with Crippen LogP contribution in [-0.4, -0.2) is 23.7 Å². The maximum Gasteiger partial charge on any atom is 0.261 e. The van der Waals surface area contributed by atoms with E-state index >= 15 is 0 Å². The predicted octanol–water partition coefficient (Wildman–Crippen LogP) is 2.71.